The van der Waals surface area contributed by atoms with Crippen molar-refractivity contribution in [3.05, 3.63) is 65.9 Å². The summed E-state index contributed by atoms with van der Waals surface area (Å²) in [5, 5.41) is 14.0. The molecule has 3 rings (SSSR count). The SMILES string of the molecule is CCc1ccc(NC(=O)c2ccc(Nc3ccc(OC)c(OC)c3)nn2)cc1. The van der Waals surface area contributed by atoms with Gasteiger partial charge in [-0.25, -0.2) is 0 Å². The van der Waals surface area contributed by atoms with Crippen molar-refractivity contribution in [1.82, 2.24) is 10.2 Å². The van der Waals surface area contributed by atoms with E-state index in [-0.39, 0.29) is 11.6 Å². The number of aryl methyl sites for hydroxylation is 1. The second-order valence-corrected chi connectivity index (χ2v) is 6.00. The molecule has 1 heterocycles. The topological polar surface area (TPSA) is 85.4 Å². The van der Waals surface area contributed by atoms with Crippen LogP contribution in [0.3, 0.4) is 0 Å². The van der Waals surface area contributed by atoms with Crippen LogP contribution in [0.1, 0.15) is 23.0 Å². The van der Waals surface area contributed by atoms with Crippen molar-refractivity contribution in [3.8, 4) is 11.5 Å². The van der Waals surface area contributed by atoms with Crippen LogP contribution in [0, 0.1) is 0 Å². The quantitative estimate of drug-likeness (QED) is 0.645. The molecule has 7 nitrogen and oxygen atoms in total. The molecule has 1 aromatic heterocycles. The zero-order valence-corrected chi connectivity index (χ0v) is 16.0. The first-order chi connectivity index (χ1) is 13.6. The van der Waals surface area contributed by atoms with Crippen LogP contribution in [0.2, 0.25) is 0 Å². The number of rotatable bonds is 7. The number of anilines is 3. The number of carbonyl (C=O) groups is 1. The number of ether oxygens (including phenoxy) is 2. The number of carbonyl (C=O) groups excluding carboxylic acids is 1. The van der Waals surface area contributed by atoms with Gasteiger partial charge in [0.25, 0.3) is 5.91 Å². The summed E-state index contributed by atoms with van der Waals surface area (Å²) in [5.74, 6) is 1.44. The Hall–Kier alpha value is -3.61. The molecule has 1 amide bonds. The van der Waals surface area contributed by atoms with Crippen molar-refractivity contribution in [2.45, 2.75) is 13.3 Å². The van der Waals surface area contributed by atoms with Crippen molar-refractivity contribution >= 4 is 23.1 Å². The van der Waals surface area contributed by atoms with Crippen LogP contribution < -0.4 is 20.1 Å². The second-order valence-electron chi connectivity index (χ2n) is 6.00. The largest absolute Gasteiger partial charge is 0.493 e. The lowest BCUT2D eigenvalue weighted by molar-refractivity contribution is 0.102. The zero-order valence-electron chi connectivity index (χ0n) is 16.0. The van der Waals surface area contributed by atoms with Crippen molar-refractivity contribution in [1.29, 1.82) is 0 Å². The fourth-order valence-corrected chi connectivity index (χ4v) is 2.60. The minimum Gasteiger partial charge on any atom is -0.493 e. The fourth-order valence-electron chi connectivity index (χ4n) is 2.60. The molecule has 0 aliphatic carbocycles. The van der Waals surface area contributed by atoms with Crippen LogP contribution >= 0.6 is 0 Å². The Balaban J connectivity index is 1.66. The smallest absolute Gasteiger partial charge is 0.276 e. The van der Waals surface area contributed by atoms with E-state index >= 15 is 0 Å². The molecule has 0 bridgehead atoms. The van der Waals surface area contributed by atoms with Gasteiger partial charge < -0.3 is 20.1 Å². The van der Waals surface area contributed by atoms with Crippen LogP contribution in [0.25, 0.3) is 0 Å². The molecule has 3 aromatic rings. The Morgan fingerprint density at radius 3 is 2.21 bits per heavy atom. The summed E-state index contributed by atoms with van der Waals surface area (Å²) in [6.45, 7) is 2.08. The summed E-state index contributed by atoms with van der Waals surface area (Å²) in [6.07, 6.45) is 0.953. The predicted octanol–water partition coefficient (Wildman–Crippen LogP) is 4.05. The second kappa shape index (κ2) is 8.85. The molecule has 0 aliphatic rings. The van der Waals surface area contributed by atoms with Crippen LogP contribution in [0.4, 0.5) is 17.2 Å². The number of methoxy groups -OCH3 is 2. The Morgan fingerprint density at radius 1 is 0.893 bits per heavy atom. The van der Waals surface area contributed by atoms with Crippen molar-refractivity contribution < 1.29 is 14.3 Å². The highest BCUT2D eigenvalue weighted by Gasteiger charge is 2.10. The average Bonchev–Trinajstić information content (AvgIpc) is 2.74. The molecule has 0 saturated carbocycles. The highest BCUT2D eigenvalue weighted by Crippen LogP contribution is 2.30. The standard InChI is InChI=1S/C21H22N4O3/c1-4-14-5-7-15(8-6-14)23-21(26)17-10-12-20(25-24-17)22-16-9-11-18(27-2)19(13-16)28-3/h5-13H,4H2,1-3H3,(H,22,25)(H,23,26). The lowest BCUT2D eigenvalue weighted by Gasteiger charge is -2.11. The van der Waals surface area contributed by atoms with E-state index in [9.17, 15) is 4.79 Å². The molecule has 0 atom stereocenters. The van der Waals surface area contributed by atoms with E-state index in [1.807, 2.05) is 30.3 Å². The molecule has 28 heavy (non-hydrogen) atoms. The van der Waals surface area contributed by atoms with E-state index in [0.29, 0.717) is 17.3 Å². The Kier molecular flexibility index (Phi) is 6.06. The van der Waals surface area contributed by atoms with E-state index in [4.69, 9.17) is 9.47 Å². The van der Waals surface area contributed by atoms with Crippen LogP contribution in [-0.2, 0) is 6.42 Å². The van der Waals surface area contributed by atoms with Crippen LogP contribution in [0.15, 0.2) is 54.6 Å². The van der Waals surface area contributed by atoms with Gasteiger partial charge in [-0.3, -0.25) is 4.79 Å². The molecular formula is C21H22N4O3. The summed E-state index contributed by atoms with van der Waals surface area (Å²) in [4.78, 5) is 12.3. The molecule has 0 fully saturated rings. The Labute approximate surface area is 163 Å². The average molecular weight is 378 g/mol. The van der Waals surface area contributed by atoms with Gasteiger partial charge in [0.05, 0.1) is 14.2 Å². The number of amides is 1. The normalized spacial score (nSPS) is 10.2. The molecule has 7 heteroatoms. The monoisotopic (exact) mass is 378 g/mol. The van der Waals surface area contributed by atoms with E-state index in [2.05, 4.69) is 27.8 Å². The maximum Gasteiger partial charge on any atom is 0.276 e. The van der Waals surface area contributed by atoms with Gasteiger partial charge in [0.15, 0.2) is 23.0 Å². The van der Waals surface area contributed by atoms with Gasteiger partial charge in [-0.15, -0.1) is 10.2 Å². The van der Waals surface area contributed by atoms with E-state index in [1.165, 1.54) is 5.56 Å². The first-order valence-corrected chi connectivity index (χ1v) is 8.86. The third-order valence-electron chi connectivity index (χ3n) is 4.17. The summed E-state index contributed by atoms with van der Waals surface area (Å²) in [6, 6.07) is 16.4. The number of aromatic nitrogens is 2. The number of hydrogen-bond donors (Lipinski definition) is 2. The molecule has 0 spiro atoms. The van der Waals surface area contributed by atoms with Gasteiger partial charge in [0, 0.05) is 17.4 Å². The predicted molar refractivity (Wildman–Crippen MR) is 109 cm³/mol. The summed E-state index contributed by atoms with van der Waals surface area (Å²) in [7, 11) is 3.16. The number of benzene rings is 2. The number of nitrogens with zero attached hydrogens (tertiary/aromatic N) is 2. The molecule has 0 unspecified atom stereocenters. The van der Waals surface area contributed by atoms with Gasteiger partial charge in [-0.1, -0.05) is 19.1 Å². The molecule has 0 saturated heterocycles. The minimum atomic E-state index is -0.311. The zero-order chi connectivity index (χ0) is 19.9. The number of hydrogen-bond acceptors (Lipinski definition) is 6. The maximum absolute atomic E-state index is 12.3. The molecule has 144 valence electrons. The van der Waals surface area contributed by atoms with Gasteiger partial charge >= 0.3 is 0 Å². The highest BCUT2D eigenvalue weighted by molar-refractivity contribution is 6.02. The first-order valence-electron chi connectivity index (χ1n) is 8.86. The van der Waals surface area contributed by atoms with Gasteiger partial charge in [0.1, 0.15) is 0 Å². The van der Waals surface area contributed by atoms with Gasteiger partial charge in [-0.05, 0) is 48.4 Å². The minimum absolute atomic E-state index is 0.234. The first kappa shape index (κ1) is 19.2. The molecule has 0 aliphatic heterocycles. The Morgan fingerprint density at radius 2 is 1.61 bits per heavy atom. The molecule has 2 N–H and O–H groups in total. The van der Waals surface area contributed by atoms with Crippen LogP contribution in [0.5, 0.6) is 11.5 Å². The van der Waals surface area contributed by atoms with Crippen molar-refractivity contribution in [2.75, 3.05) is 24.9 Å². The van der Waals surface area contributed by atoms with E-state index in [0.717, 1.165) is 17.8 Å². The van der Waals surface area contributed by atoms with Crippen molar-refractivity contribution in [2.24, 2.45) is 0 Å². The number of nitrogens with one attached hydrogen (secondary N) is 2. The third-order valence-corrected chi connectivity index (χ3v) is 4.17. The van der Waals surface area contributed by atoms with Gasteiger partial charge in [-0.2, -0.15) is 0 Å². The van der Waals surface area contributed by atoms with Gasteiger partial charge in [0.2, 0.25) is 0 Å². The molecule has 0 radical (unpaired) electrons. The van der Waals surface area contributed by atoms with E-state index < -0.39 is 0 Å². The maximum atomic E-state index is 12.3. The van der Waals surface area contributed by atoms with E-state index in [1.54, 1.807) is 38.5 Å². The molecular weight excluding hydrogens is 356 g/mol. The summed E-state index contributed by atoms with van der Waals surface area (Å²) >= 11 is 0. The fraction of sp³-hybridized carbons (Fsp3) is 0.190. The third kappa shape index (κ3) is 4.56. The lowest BCUT2D eigenvalue weighted by atomic mass is 10.1. The van der Waals surface area contributed by atoms with Crippen LogP contribution in [-0.4, -0.2) is 30.3 Å². The Bertz CT molecular complexity index is 941. The molecule has 2 aromatic carbocycles. The summed E-state index contributed by atoms with van der Waals surface area (Å²) < 4.78 is 10.5. The summed E-state index contributed by atoms with van der Waals surface area (Å²) in [5.41, 5.74) is 2.93. The highest BCUT2D eigenvalue weighted by atomic mass is 16.5. The van der Waals surface area contributed by atoms with Crippen molar-refractivity contribution in [3.63, 3.8) is 0 Å². The lowest BCUT2D eigenvalue weighted by Crippen LogP contribution is -2.14.